The summed E-state index contributed by atoms with van der Waals surface area (Å²) in [6, 6.07) is 5.24. The van der Waals surface area contributed by atoms with Gasteiger partial charge in [-0.25, -0.2) is 4.79 Å². The number of nitrogens with one attached hydrogen (secondary N) is 1. The number of methoxy groups -OCH3 is 1. The predicted molar refractivity (Wildman–Crippen MR) is 61.7 cm³/mol. The fraction of sp³-hybridized carbons (Fsp3) is 0.333. The van der Waals surface area contributed by atoms with Crippen LogP contribution in [0.5, 0.6) is 5.75 Å². The molecular weight excluding hydrogens is 222 g/mol. The van der Waals surface area contributed by atoms with E-state index < -0.39 is 17.9 Å². The molecule has 5 heteroatoms. The van der Waals surface area contributed by atoms with E-state index in [2.05, 4.69) is 10.1 Å². The summed E-state index contributed by atoms with van der Waals surface area (Å²) in [5.74, 6) is -0.900. The summed E-state index contributed by atoms with van der Waals surface area (Å²) < 4.78 is 4.56. The standard InChI is InChI=1S/C12H15NO4/c1-3-10(12(16)17-2)13-11(15)8-5-4-6-9(14)7-8/h4-7,10,14H,3H2,1-2H3,(H,13,15)/t10-/m1/s1. The van der Waals surface area contributed by atoms with E-state index in [0.29, 0.717) is 12.0 Å². The molecule has 0 aromatic heterocycles. The van der Waals surface area contributed by atoms with Crippen molar-refractivity contribution in [3.63, 3.8) is 0 Å². The Labute approximate surface area is 99.4 Å². The van der Waals surface area contributed by atoms with Crippen LogP contribution < -0.4 is 5.32 Å². The summed E-state index contributed by atoms with van der Waals surface area (Å²) in [5.41, 5.74) is 0.298. The molecule has 0 bridgehead atoms. The van der Waals surface area contributed by atoms with Crippen molar-refractivity contribution < 1.29 is 19.4 Å². The molecular formula is C12H15NO4. The van der Waals surface area contributed by atoms with Gasteiger partial charge in [-0.2, -0.15) is 0 Å². The molecule has 0 saturated carbocycles. The number of esters is 1. The molecule has 1 atom stereocenters. The second-order valence-electron chi connectivity index (χ2n) is 3.51. The molecule has 1 aromatic rings. The summed E-state index contributed by atoms with van der Waals surface area (Å²) in [5, 5.41) is 11.8. The number of rotatable bonds is 4. The minimum Gasteiger partial charge on any atom is -0.508 e. The first-order chi connectivity index (χ1) is 8.08. The highest BCUT2D eigenvalue weighted by Gasteiger charge is 2.19. The monoisotopic (exact) mass is 237 g/mol. The van der Waals surface area contributed by atoms with Crippen LogP contribution in [0.4, 0.5) is 0 Å². The minimum absolute atomic E-state index is 0.00349. The average Bonchev–Trinajstić information content (AvgIpc) is 2.34. The van der Waals surface area contributed by atoms with Crippen LogP contribution in [0, 0.1) is 0 Å². The number of carbonyl (C=O) groups is 2. The molecule has 17 heavy (non-hydrogen) atoms. The van der Waals surface area contributed by atoms with Crippen LogP contribution in [0.15, 0.2) is 24.3 Å². The third kappa shape index (κ3) is 3.48. The fourth-order valence-electron chi connectivity index (χ4n) is 1.36. The van der Waals surface area contributed by atoms with E-state index in [-0.39, 0.29) is 5.75 Å². The second kappa shape index (κ2) is 5.89. The van der Waals surface area contributed by atoms with Gasteiger partial charge in [-0.15, -0.1) is 0 Å². The number of hydrogen-bond acceptors (Lipinski definition) is 4. The van der Waals surface area contributed by atoms with Gasteiger partial charge in [0.15, 0.2) is 0 Å². The molecule has 2 N–H and O–H groups in total. The Morgan fingerprint density at radius 2 is 2.18 bits per heavy atom. The van der Waals surface area contributed by atoms with Gasteiger partial charge in [0.25, 0.3) is 5.91 Å². The van der Waals surface area contributed by atoms with Gasteiger partial charge in [0.2, 0.25) is 0 Å². The molecule has 0 spiro atoms. The Hall–Kier alpha value is -2.04. The lowest BCUT2D eigenvalue weighted by molar-refractivity contribution is -0.142. The number of carbonyl (C=O) groups excluding carboxylic acids is 2. The van der Waals surface area contributed by atoms with E-state index in [9.17, 15) is 14.7 Å². The van der Waals surface area contributed by atoms with Gasteiger partial charge in [0, 0.05) is 5.56 Å². The molecule has 1 amide bonds. The SMILES string of the molecule is CC[C@@H](NC(=O)c1cccc(O)c1)C(=O)OC. The van der Waals surface area contributed by atoms with Gasteiger partial charge < -0.3 is 15.2 Å². The van der Waals surface area contributed by atoms with Gasteiger partial charge >= 0.3 is 5.97 Å². The van der Waals surface area contributed by atoms with Gasteiger partial charge in [0.05, 0.1) is 7.11 Å². The fourth-order valence-corrected chi connectivity index (χ4v) is 1.36. The van der Waals surface area contributed by atoms with Gasteiger partial charge in [-0.1, -0.05) is 13.0 Å². The minimum atomic E-state index is -0.671. The molecule has 0 aliphatic rings. The highest BCUT2D eigenvalue weighted by Crippen LogP contribution is 2.11. The van der Waals surface area contributed by atoms with Gasteiger partial charge in [0.1, 0.15) is 11.8 Å². The van der Waals surface area contributed by atoms with Crippen molar-refractivity contribution in [3.8, 4) is 5.75 Å². The Morgan fingerprint density at radius 3 is 2.71 bits per heavy atom. The van der Waals surface area contributed by atoms with Crippen molar-refractivity contribution in [3.05, 3.63) is 29.8 Å². The first-order valence-corrected chi connectivity index (χ1v) is 5.26. The molecule has 0 saturated heterocycles. The molecule has 92 valence electrons. The molecule has 0 heterocycles. The van der Waals surface area contributed by atoms with Crippen LogP contribution in [0.1, 0.15) is 23.7 Å². The van der Waals surface area contributed by atoms with Gasteiger partial charge in [-0.05, 0) is 24.6 Å². The predicted octanol–water partition coefficient (Wildman–Crippen LogP) is 1.07. The highest BCUT2D eigenvalue weighted by molar-refractivity contribution is 5.97. The zero-order valence-corrected chi connectivity index (χ0v) is 9.77. The maximum absolute atomic E-state index is 11.8. The summed E-state index contributed by atoms with van der Waals surface area (Å²) in [7, 11) is 1.27. The van der Waals surface area contributed by atoms with E-state index in [4.69, 9.17) is 0 Å². The quantitative estimate of drug-likeness (QED) is 0.768. The molecule has 1 rings (SSSR count). The lowest BCUT2D eigenvalue weighted by atomic mass is 10.1. The topological polar surface area (TPSA) is 75.6 Å². The molecule has 0 unspecified atom stereocenters. The molecule has 0 aliphatic heterocycles. The van der Waals surface area contributed by atoms with Crippen molar-refractivity contribution in [2.45, 2.75) is 19.4 Å². The first-order valence-electron chi connectivity index (χ1n) is 5.26. The van der Waals surface area contributed by atoms with Crippen LogP contribution in [-0.4, -0.2) is 30.1 Å². The first kappa shape index (κ1) is 13.0. The molecule has 0 radical (unpaired) electrons. The lowest BCUT2D eigenvalue weighted by Gasteiger charge is -2.14. The molecule has 0 aliphatic carbocycles. The number of benzene rings is 1. The third-order valence-corrected chi connectivity index (χ3v) is 2.31. The zero-order chi connectivity index (χ0) is 12.8. The van der Waals surface area contributed by atoms with E-state index >= 15 is 0 Å². The lowest BCUT2D eigenvalue weighted by Crippen LogP contribution is -2.40. The maximum atomic E-state index is 11.8. The van der Waals surface area contributed by atoms with E-state index in [1.807, 2.05) is 0 Å². The van der Waals surface area contributed by atoms with Crippen molar-refractivity contribution >= 4 is 11.9 Å². The number of phenols is 1. The smallest absolute Gasteiger partial charge is 0.328 e. The molecule has 1 aromatic carbocycles. The Kier molecular flexibility index (Phi) is 4.51. The van der Waals surface area contributed by atoms with E-state index in [1.54, 1.807) is 19.1 Å². The van der Waals surface area contributed by atoms with Crippen molar-refractivity contribution in [2.24, 2.45) is 0 Å². The summed E-state index contributed by atoms with van der Waals surface area (Å²) in [4.78, 5) is 23.0. The number of amides is 1. The number of phenolic OH excluding ortho intramolecular Hbond substituents is 1. The van der Waals surface area contributed by atoms with Crippen molar-refractivity contribution in [1.29, 1.82) is 0 Å². The number of ether oxygens (including phenoxy) is 1. The van der Waals surface area contributed by atoms with Crippen LogP contribution in [-0.2, 0) is 9.53 Å². The van der Waals surface area contributed by atoms with E-state index in [1.165, 1.54) is 19.2 Å². The third-order valence-electron chi connectivity index (χ3n) is 2.31. The van der Waals surface area contributed by atoms with Crippen LogP contribution >= 0.6 is 0 Å². The van der Waals surface area contributed by atoms with Gasteiger partial charge in [-0.3, -0.25) is 4.79 Å². The maximum Gasteiger partial charge on any atom is 0.328 e. The molecule has 0 fully saturated rings. The average molecular weight is 237 g/mol. The zero-order valence-electron chi connectivity index (χ0n) is 9.77. The van der Waals surface area contributed by atoms with Crippen molar-refractivity contribution in [2.75, 3.05) is 7.11 Å². The summed E-state index contributed by atoms with van der Waals surface area (Å²) >= 11 is 0. The summed E-state index contributed by atoms with van der Waals surface area (Å²) in [6.07, 6.45) is 0.442. The Balaban J connectivity index is 2.74. The Morgan fingerprint density at radius 1 is 1.47 bits per heavy atom. The van der Waals surface area contributed by atoms with E-state index in [0.717, 1.165) is 0 Å². The Bertz CT molecular complexity index is 417. The number of hydrogen-bond donors (Lipinski definition) is 2. The van der Waals surface area contributed by atoms with Crippen LogP contribution in [0.2, 0.25) is 0 Å². The van der Waals surface area contributed by atoms with Crippen LogP contribution in [0.25, 0.3) is 0 Å². The largest absolute Gasteiger partial charge is 0.508 e. The summed E-state index contributed by atoms with van der Waals surface area (Å²) in [6.45, 7) is 1.77. The van der Waals surface area contributed by atoms with Crippen molar-refractivity contribution in [1.82, 2.24) is 5.32 Å². The number of aromatic hydroxyl groups is 1. The highest BCUT2D eigenvalue weighted by atomic mass is 16.5. The second-order valence-corrected chi connectivity index (χ2v) is 3.51. The molecule has 5 nitrogen and oxygen atoms in total. The van der Waals surface area contributed by atoms with Crippen LogP contribution in [0.3, 0.4) is 0 Å². The normalized spacial score (nSPS) is 11.6.